The van der Waals surface area contributed by atoms with E-state index in [0.29, 0.717) is 11.1 Å². The van der Waals surface area contributed by atoms with Gasteiger partial charge in [-0.05, 0) is 23.3 Å². The molecular formula is C22H17Cl2F5N2O2. The average Bonchev–Trinajstić information content (AvgIpc) is 3.21. The van der Waals surface area contributed by atoms with Crippen LogP contribution in [-0.2, 0) is 20.9 Å². The van der Waals surface area contributed by atoms with E-state index in [9.17, 15) is 22.4 Å². The van der Waals surface area contributed by atoms with Crippen LogP contribution in [-0.4, -0.2) is 35.8 Å². The van der Waals surface area contributed by atoms with Gasteiger partial charge in [0.1, 0.15) is 0 Å². The van der Waals surface area contributed by atoms with Crippen LogP contribution < -0.4 is 0 Å². The van der Waals surface area contributed by atoms with Crippen LogP contribution in [0.3, 0.4) is 0 Å². The number of amides is 1. The summed E-state index contributed by atoms with van der Waals surface area (Å²) in [6.07, 6.45) is -5.36. The Balaban J connectivity index is 1.58. The number of likely N-dealkylation sites (tertiary alicyclic amines) is 1. The fourth-order valence-corrected chi connectivity index (χ4v) is 4.44. The van der Waals surface area contributed by atoms with Crippen molar-refractivity contribution in [2.45, 2.75) is 37.2 Å². The minimum absolute atomic E-state index is 0.0280. The molecule has 0 radical (unpaired) electrons. The van der Waals surface area contributed by atoms with Crippen LogP contribution >= 0.6 is 23.2 Å². The van der Waals surface area contributed by atoms with E-state index in [2.05, 4.69) is 5.16 Å². The Labute approximate surface area is 195 Å². The van der Waals surface area contributed by atoms with Crippen LogP contribution in [0.5, 0.6) is 0 Å². The third-order valence-corrected chi connectivity index (χ3v) is 6.46. The van der Waals surface area contributed by atoms with E-state index in [1.807, 2.05) is 0 Å². The molecular weight excluding hydrogens is 490 g/mol. The molecule has 1 amide bonds. The smallest absolute Gasteiger partial charge is 0.374 e. The summed E-state index contributed by atoms with van der Waals surface area (Å²) in [6, 6.07) is 7.41. The number of hydrogen-bond donors (Lipinski definition) is 0. The highest BCUT2D eigenvalue weighted by Gasteiger charge is 2.62. The normalized spacial score (nSPS) is 21.9. The average molecular weight is 507 g/mol. The van der Waals surface area contributed by atoms with Crippen LogP contribution in [0.4, 0.5) is 22.0 Å². The molecule has 0 bridgehead atoms. The number of oxime groups is 1. The molecule has 2 aliphatic heterocycles. The topological polar surface area (TPSA) is 41.9 Å². The maximum atomic E-state index is 15.0. The van der Waals surface area contributed by atoms with Crippen LogP contribution in [0.15, 0.2) is 41.6 Å². The van der Waals surface area contributed by atoms with E-state index in [1.165, 1.54) is 29.2 Å². The van der Waals surface area contributed by atoms with E-state index < -0.39 is 45.3 Å². The molecule has 4 rings (SSSR count). The lowest BCUT2D eigenvalue weighted by Gasteiger charge is -2.44. The highest BCUT2D eigenvalue weighted by molar-refractivity contribution is 6.35. The zero-order valence-electron chi connectivity index (χ0n) is 17.1. The molecule has 11 heteroatoms. The summed E-state index contributed by atoms with van der Waals surface area (Å²) in [4.78, 5) is 18.0. The van der Waals surface area contributed by atoms with E-state index in [1.54, 1.807) is 6.92 Å². The Morgan fingerprint density at radius 3 is 2.21 bits per heavy atom. The zero-order valence-corrected chi connectivity index (χ0v) is 18.7. The summed E-state index contributed by atoms with van der Waals surface area (Å²) in [5.41, 5.74) is -4.52. The van der Waals surface area contributed by atoms with Crippen molar-refractivity contribution in [3.05, 3.63) is 69.0 Å². The second-order valence-electron chi connectivity index (χ2n) is 8.03. The van der Waals surface area contributed by atoms with Gasteiger partial charge < -0.3 is 9.74 Å². The largest absolute Gasteiger partial charge is 0.435 e. The molecule has 0 aromatic heterocycles. The van der Waals surface area contributed by atoms with Crippen molar-refractivity contribution in [3.63, 3.8) is 0 Å². The highest BCUT2D eigenvalue weighted by Crippen LogP contribution is 2.50. The zero-order chi connectivity index (χ0) is 24.2. The van der Waals surface area contributed by atoms with Gasteiger partial charge in [-0.25, -0.2) is 8.78 Å². The predicted octanol–water partition coefficient (Wildman–Crippen LogP) is 6.13. The van der Waals surface area contributed by atoms with E-state index in [0.717, 1.165) is 12.1 Å². The van der Waals surface area contributed by atoms with Gasteiger partial charge in [-0.1, -0.05) is 59.5 Å². The SMILES string of the molecule is CCC(=O)N1CC(F)(c2ccc(C3=NOC(c4cc(Cl)c(F)c(Cl)c4)(C(F)(F)F)C3)cc2)C1. The van der Waals surface area contributed by atoms with Crippen LogP contribution in [0, 0.1) is 5.82 Å². The Hall–Kier alpha value is -2.39. The maximum absolute atomic E-state index is 15.0. The first-order chi connectivity index (χ1) is 15.4. The summed E-state index contributed by atoms with van der Waals surface area (Å²) in [5, 5.41) is 2.47. The number of alkyl halides is 4. The Kier molecular flexibility index (Phi) is 5.85. The van der Waals surface area contributed by atoms with Gasteiger partial charge in [0, 0.05) is 18.4 Å². The third-order valence-electron chi connectivity index (χ3n) is 5.91. The number of rotatable bonds is 4. The second kappa shape index (κ2) is 8.13. The minimum Gasteiger partial charge on any atom is -0.374 e. The van der Waals surface area contributed by atoms with Gasteiger partial charge >= 0.3 is 6.18 Å². The summed E-state index contributed by atoms with van der Waals surface area (Å²) >= 11 is 11.4. The van der Waals surface area contributed by atoms with Crippen molar-refractivity contribution in [1.29, 1.82) is 0 Å². The van der Waals surface area contributed by atoms with Crippen molar-refractivity contribution in [1.82, 2.24) is 4.90 Å². The molecule has 1 fully saturated rings. The van der Waals surface area contributed by atoms with Crippen molar-refractivity contribution in [2.24, 2.45) is 5.16 Å². The number of halogens is 7. The maximum Gasteiger partial charge on any atom is 0.435 e. The molecule has 176 valence electrons. The van der Waals surface area contributed by atoms with Crippen LogP contribution in [0.2, 0.25) is 10.0 Å². The molecule has 2 aliphatic rings. The lowest BCUT2D eigenvalue weighted by molar-refractivity contribution is -0.275. The number of nitrogens with zero attached hydrogens (tertiary/aromatic N) is 2. The van der Waals surface area contributed by atoms with Gasteiger partial charge in [-0.2, -0.15) is 13.2 Å². The van der Waals surface area contributed by atoms with Gasteiger partial charge in [0.15, 0.2) is 11.5 Å². The Morgan fingerprint density at radius 1 is 1.12 bits per heavy atom. The van der Waals surface area contributed by atoms with Crippen molar-refractivity contribution < 1.29 is 31.6 Å². The van der Waals surface area contributed by atoms with E-state index >= 15 is 4.39 Å². The quantitative estimate of drug-likeness (QED) is 0.369. The predicted molar refractivity (Wildman–Crippen MR) is 112 cm³/mol. The van der Waals surface area contributed by atoms with Gasteiger partial charge in [0.05, 0.1) is 28.8 Å². The first-order valence-corrected chi connectivity index (χ1v) is 10.7. The van der Waals surface area contributed by atoms with Crippen molar-refractivity contribution in [3.8, 4) is 0 Å². The van der Waals surface area contributed by atoms with Gasteiger partial charge in [-0.3, -0.25) is 4.79 Å². The first-order valence-electron chi connectivity index (χ1n) is 9.94. The fraction of sp³-hybridized carbons (Fsp3) is 0.364. The molecule has 0 N–H and O–H groups in total. The van der Waals surface area contributed by atoms with E-state index in [-0.39, 0.29) is 31.1 Å². The van der Waals surface area contributed by atoms with Gasteiger partial charge in [0.25, 0.3) is 5.60 Å². The number of benzene rings is 2. The molecule has 1 saturated heterocycles. The molecule has 4 nitrogen and oxygen atoms in total. The molecule has 2 aromatic rings. The Morgan fingerprint density at radius 2 is 1.70 bits per heavy atom. The third kappa shape index (κ3) is 3.95. The Bertz CT molecular complexity index is 1110. The van der Waals surface area contributed by atoms with Crippen molar-refractivity contribution in [2.75, 3.05) is 13.1 Å². The lowest BCUT2D eigenvalue weighted by Crippen LogP contribution is -2.58. The molecule has 0 aliphatic carbocycles. The summed E-state index contributed by atoms with van der Waals surface area (Å²) < 4.78 is 71.1. The molecule has 1 atom stereocenters. The van der Waals surface area contributed by atoms with Gasteiger partial charge in [-0.15, -0.1) is 0 Å². The molecule has 2 heterocycles. The monoisotopic (exact) mass is 506 g/mol. The van der Waals surface area contributed by atoms with Crippen molar-refractivity contribution >= 4 is 34.8 Å². The first kappa shape index (κ1) is 23.8. The standard InChI is InChI=1S/C22H17Cl2F5N2O2/c1-2-18(32)31-10-20(26,11-31)13-5-3-12(4-6-13)17-9-21(33-30-17,22(27,28)29)14-7-15(23)19(25)16(24)8-14/h3-8H,2,9-11H2,1H3. The fourth-order valence-electron chi connectivity index (χ4n) is 3.95. The minimum atomic E-state index is -4.92. The molecule has 0 spiro atoms. The van der Waals surface area contributed by atoms with Crippen LogP contribution in [0.25, 0.3) is 0 Å². The summed E-state index contributed by atoms with van der Waals surface area (Å²) in [5.74, 6) is -1.19. The van der Waals surface area contributed by atoms with Crippen LogP contribution in [0.1, 0.15) is 36.5 Å². The summed E-state index contributed by atoms with van der Waals surface area (Å²) in [6.45, 7) is 1.53. The number of carbonyl (C=O) groups is 1. The summed E-state index contributed by atoms with van der Waals surface area (Å²) in [7, 11) is 0. The van der Waals surface area contributed by atoms with Gasteiger partial charge in [0.2, 0.25) is 5.91 Å². The molecule has 0 saturated carbocycles. The highest BCUT2D eigenvalue weighted by atomic mass is 35.5. The molecule has 2 aromatic carbocycles. The van der Waals surface area contributed by atoms with E-state index in [4.69, 9.17) is 28.0 Å². The molecule has 33 heavy (non-hydrogen) atoms. The number of hydrogen-bond acceptors (Lipinski definition) is 3. The number of carbonyl (C=O) groups excluding carboxylic acids is 1. The second-order valence-corrected chi connectivity index (χ2v) is 8.85. The molecule has 1 unspecified atom stereocenters. The lowest BCUT2D eigenvalue weighted by atomic mass is 9.84.